The number of rotatable bonds is 73. The molecule has 0 heterocycles. The van der Waals surface area contributed by atoms with E-state index in [1.807, 2.05) is 6.08 Å². The van der Waals surface area contributed by atoms with E-state index < -0.39 is 12.1 Å². The molecule has 0 aliphatic heterocycles. The Morgan fingerprint density at radius 2 is 0.560 bits per heavy atom. The number of amides is 1. The molecule has 0 aliphatic carbocycles. The fourth-order valence-electron chi connectivity index (χ4n) is 12.3. The lowest BCUT2D eigenvalue weighted by atomic mass is 10.0. The lowest BCUT2D eigenvalue weighted by Gasteiger charge is -2.20. The molecule has 0 saturated heterocycles. The summed E-state index contributed by atoms with van der Waals surface area (Å²) in [5, 5.41) is 23.2. The van der Waals surface area contributed by atoms with Crippen LogP contribution in [0.5, 0.6) is 0 Å². The molecule has 0 spiro atoms. The molecule has 498 valence electrons. The maximum atomic E-state index is 12.5. The summed E-state index contributed by atoms with van der Waals surface area (Å²) in [6.07, 6.45) is 94.4. The third kappa shape index (κ3) is 69.4. The highest BCUT2D eigenvalue weighted by Gasteiger charge is 2.18. The van der Waals surface area contributed by atoms with Crippen LogP contribution in [-0.2, 0) is 14.3 Å². The van der Waals surface area contributed by atoms with Gasteiger partial charge in [0.2, 0.25) is 5.91 Å². The largest absolute Gasteiger partial charge is 0.466 e. The summed E-state index contributed by atoms with van der Waals surface area (Å²) in [5.41, 5.74) is 0. The van der Waals surface area contributed by atoms with Crippen LogP contribution in [0.4, 0.5) is 0 Å². The topological polar surface area (TPSA) is 95.9 Å². The van der Waals surface area contributed by atoms with E-state index in [-0.39, 0.29) is 18.5 Å². The van der Waals surface area contributed by atoms with Gasteiger partial charge in [-0.25, -0.2) is 0 Å². The molecule has 2 atom stereocenters. The zero-order valence-corrected chi connectivity index (χ0v) is 57.2. The van der Waals surface area contributed by atoms with E-state index in [0.29, 0.717) is 19.4 Å². The number of hydrogen-bond acceptors (Lipinski definition) is 5. The number of nitrogens with one attached hydrogen (secondary N) is 1. The second kappa shape index (κ2) is 73.8. The van der Waals surface area contributed by atoms with Crippen molar-refractivity contribution in [3.63, 3.8) is 0 Å². The zero-order valence-electron chi connectivity index (χ0n) is 57.2. The van der Waals surface area contributed by atoms with Crippen LogP contribution in [0.25, 0.3) is 0 Å². The average molecular weight is 1180 g/mol. The minimum absolute atomic E-state index is 0.0152. The van der Waals surface area contributed by atoms with Crippen molar-refractivity contribution in [3.8, 4) is 0 Å². The molecular formula is C78H151NO5. The third-order valence-corrected chi connectivity index (χ3v) is 18.2. The lowest BCUT2D eigenvalue weighted by molar-refractivity contribution is -0.143. The molecular weight excluding hydrogens is 1030 g/mol. The van der Waals surface area contributed by atoms with E-state index in [0.717, 1.165) is 44.9 Å². The van der Waals surface area contributed by atoms with Gasteiger partial charge >= 0.3 is 5.97 Å². The Morgan fingerprint density at radius 3 is 0.845 bits per heavy atom. The van der Waals surface area contributed by atoms with E-state index in [1.165, 1.54) is 366 Å². The zero-order chi connectivity index (χ0) is 60.6. The Hall–Kier alpha value is -1.66. The highest BCUT2D eigenvalue weighted by molar-refractivity contribution is 5.76. The Labute approximate surface area is 526 Å². The highest BCUT2D eigenvalue weighted by atomic mass is 16.5. The average Bonchev–Trinajstić information content (AvgIpc) is 3.51. The van der Waals surface area contributed by atoms with E-state index in [4.69, 9.17) is 4.74 Å². The van der Waals surface area contributed by atoms with Crippen molar-refractivity contribution in [2.75, 3.05) is 13.2 Å². The van der Waals surface area contributed by atoms with E-state index in [9.17, 15) is 19.8 Å². The van der Waals surface area contributed by atoms with Crippen LogP contribution in [0.2, 0.25) is 0 Å². The molecule has 0 bridgehead atoms. The number of hydrogen-bond donors (Lipinski definition) is 3. The van der Waals surface area contributed by atoms with E-state index in [2.05, 4.69) is 31.3 Å². The first-order valence-corrected chi connectivity index (χ1v) is 38.6. The molecule has 0 radical (unpaired) electrons. The molecule has 0 aromatic heterocycles. The first-order chi connectivity index (χ1) is 41.5. The second-order valence-electron chi connectivity index (χ2n) is 26.7. The van der Waals surface area contributed by atoms with Gasteiger partial charge in [-0.3, -0.25) is 9.59 Å². The number of ether oxygens (including phenoxy) is 1. The van der Waals surface area contributed by atoms with Gasteiger partial charge in [0.15, 0.2) is 0 Å². The van der Waals surface area contributed by atoms with Crippen LogP contribution in [0, 0.1) is 0 Å². The predicted molar refractivity (Wildman–Crippen MR) is 370 cm³/mol. The molecule has 3 N–H and O–H groups in total. The van der Waals surface area contributed by atoms with Crippen molar-refractivity contribution >= 4 is 11.9 Å². The summed E-state index contributed by atoms with van der Waals surface area (Å²) in [5.74, 6) is -0.0438. The fourth-order valence-corrected chi connectivity index (χ4v) is 12.3. The van der Waals surface area contributed by atoms with Crippen molar-refractivity contribution < 1.29 is 24.5 Å². The molecule has 84 heavy (non-hydrogen) atoms. The molecule has 1 amide bonds. The smallest absolute Gasteiger partial charge is 0.305 e. The summed E-state index contributed by atoms with van der Waals surface area (Å²) in [4.78, 5) is 24.6. The monoisotopic (exact) mass is 1180 g/mol. The van der Waals surface area contributed by atoms with Gasteiger partial charge in [0.1, 0.15) is 0 Å². The minimum Gasteiger partial charge on any atom is -0.466 e. The van der Waals surface area contributed by atoms with Crippen molar-refractivity contribution in [1.82, 2.24) is 5.32 Å². The number of allylic oxidation sites excluding steroid dienone is 3. The Bertz CT molecular complexity index is 1320. The Balaban J connectivity index is 3.32. The highest BCUT2D eigenvalue weighted by Crippen LogP contribution is 2.20. The summed E-state index contributed by atoms with van der Waals surface area (Å²) >= 11 is 0. The van der Waals surface area contributed by atoms with E-state index in [1.54, 1.807) is 6.08 Å². The summed E-state index contributed by atoms with van der Waals surface area (Å²) in [7, 11) is 0. The van der Waals surface area contributed by atoms with Crippen LogP contribution in [0.1, 0.15) is 438 Å². The number of carbonyl (C=O) groups excluding carboxylic acids is 2. The Morgan fingerprint density at radius 1 is 0.321 bits per heavy atom. The van der Waals surface area contributed by atoms with Gasteiger partial charge in [-0.1, -0.05) is 391 Å². The number of esters is 1. The van der Waals surface area contributed by atoms with Crippen LogP contribution >= 0.6 is 0 Å². The molecule has 0 fully saturated rings. The Kier molecular flexibility index (Phi) is 72.3. The molecule has 6 nitrogen and oxygen atoms in total. The van der Waals surface area contributed by atoms with E-state index >= 15 is 0 Å². The number of carbonyl (C=O) groups is 2. The second-order valence-corrected chi connectivity index (χ2v) is 26.7. The molecule has 0 aliphatic rings. The third-order valence-electron chi connectivity index (χ3n) is 18.2. The maximum Gasteiger partial charge on any atom is 0.305 e. The van der Waals surface area contributed by atoms with Gasteiger partial charge in [0, 0.05) is 12.8 Å². The maximum absolute atomic E-state index is 12.5. The first kappa shape index (κ1) is 82.3. The number of aliphatic hydroxyl groups is 2. The van der Waals surface area contributed by atoms with Crippen molar-refractivity contribution in [3.05, 3.63) is 24.3 Å². The van der Waals surface area contributed by atoms with Crippen molar-refractivity contribution in [1.29, 1.82) is 0 Å². The van der Waals surface area contributed by atoms with Gasteiger partial charge in [0.25, 0.3) is 0 Å². The summed E-state index contributed by atoms with van der Waals surface area (Å²) < 4.78 is 5.50. The quantitative estimate of drug-likeness (QED) is 0.0320. The molecule has 0 rings (SSSR count). The molecule has 6 heteroatoms. The van der Waals surface area contributed by atoms with Gasteiger partial charge in [-0.15, -0.1) is 0 Å². The van der Waals surface area contributed by atoms with Gasteiger partial charge < -0.3 is 20.3 Å². The van der Waals surface area contributed by atoms with Crippen LogP contribution in [-0.4, -0.2) is 47.4 Å². The van der Waals surface area contributed by atoms with Gasteiger partial charge in [0.05, 0.1) is 25.4 Å². The first-order valence-electron chi connectivity index (χ1n) is 38.6. The van der Waals surface area contributed by atoms with Gasteiger partial charge in [-0.2, -0.15) is 0 Å². The molecule has 0 saturated carbocycles. The normalized spacial score (nSPS) is 12.6. The number of unbranched alkanes of at least 4 members (excludes halogenated alkanes) is 60. The lowest BCUT2D eigenvalue weighted by Crippen LogP contribution is -2.45. The van der Waals surface area contributed by atoms with Crippen LogP contribution in [0.3, 0.4) is 0 Å². The number of aliphatic hydroxyl groups excluding tert-OH is 2. The SMILES string of the molecule is CCCCCCCC/C=C\CCCCCCCC(=O)OCCCCCCCCCCCCCCCCCCCCCCCCCCCCCCCCCCCCCC(=O)NC(CO)C(O)/C=C/CCCCCCCCCCCCCCCCC. The van der Waals surface area contributed by atoms with Crippen molar-refractivity contribution in [2.45, 2.75) is 450 Å². The van der Waals surface area contributed by atoms with Crippen LogP contribution in [0.15, 0.2) is 24.3 Å². The summed E-state index contributed by atoms with van der Waals surface area (Å²) in [6.45, 7) is 4.94. The van der Waals surface area contributed by atoms with Gasteiger partial charge in [-0.05, 0) is 57.8 Å². The minimum atomic E-state index is -0.841. The standard InChI is InChI=1S/C78H151NO5/c1-3-5-7-9-11-13-15-17-19-39-43-46-50-54-58-62-66-70-76(81)75(74-80)79-77(82)71-67-63-59-55-51-47-44-40-37-35-33-31-29-27-25-23-21-20-22-24-26-28-30-32-34-36-38-41-45-49-53-57-61-65-69-73-84-78(83)72-68-64-60-56-52-48-42-18-16-14-12-10-8-6-4-2/h18,42,66,70,75-76,80-81H,3-17,19-41,43-65,67-69,71-74H2,1-2H3,(H,79,82)/b42-18-,70-66+. The molecule has 0 aromatic carbocycles. The molecule has 2 unspecified atom stereocenters. The van der Waals surface area contributed by atoms with Crippen molar-refractivity contribution in [2.24, 2.45) is 0 Å². The predicted octanol–water partition coefficient (Wildman–Crippen LogP) is 25.3. The summed E-state index contributed by atoms with van der Waals surface area (Å²) in [6, 6.07) is -0.624. The van der Waals surface area contributed by atoms with Crippen LogP contribution < -0.4 is 5.32 Å². The molecule has 0 aromatic rings. The fraction of sp³-hybridized carbons (Fsp3) is 0.923.